The van der Waals surface area contributed by atoms with Gasteiger partial charge in [0.2, 0.25) is 0 Å². The number of rotatable bonds is 4. The molecule has 2 nitrogen and oxygen atoms in total. The van der Waals surface area contributed by atoms with Crippen LogP contribution in [0, 0.1) is 5.41 Å². The number of thioether (sulfide) groups is 1. The molecule has 0 aromatic rings. The van der Waals surface area contributed by atoms with Crippen LogP contribution in [-0.2, 0) is 0 Å². The molecule has 0 aliphatic carbocycles. The van der Waals surface area contributed by atoms with Gasteiger partial charge in [-0.15, -0.1) is 0 Å². The van der Waals surface area contributed by atoms with Gasteiger partial charge in [-0.05, 0) is 37.6 Å². The van der Waals surface area contributed by atoms with E-state index in [2.05, 4.69) is 30.3 Å². The second-order valence-corrected chi connectivity index (χ2v) is 6.82. The third kappa shape index (κ3) is 2.82. The average molecular weight is 256 g/mol. The number of nitrogens with one attached hydrogen (secondary N) is 1. The Bertz CT molecular complexity index is 230. The highest BCUT2D eigenvalue weighted by Gasteiger charge is 2.37. The van der Waals surface area contributed by atoms with Gasteiger partial charge in [0.25, 0.3) is 0 Å². The molecule has 2 rings (SSSR count). The summed E-state index contributed by atoms with van der Waals surface area (Å²) in [6, 6.07) is 0.789. The highest BCUT2D eigenvalue weighted by atomic mass is 32.2. The lowest BCUT2D eigenvalue weighted by Crippen LogP contribution is -2.48. The van der Waals surface area contributed by atoms with E-state index in [1.165, 1.54) is 51.9 Å². The number of nitrogens with zero attached hydrogens (tertiary/aromatic N) is 1. The summed E-state index contributed by atoms with van der Waals surface area (Å²) in [5.41, 5.74) is 0.664. The Morgan fingerprint density at radius 2 is 1.82 bits per heavy atom. The van der Waals surface area contributed by atoms with Gasteiger partial charge < -0.3 is 5.32 Å². The summed E-state index contributed by atoms with van der Waals surface area (Å²) in [6.45, 7) is 9.81. The van der Waals surface area contributed by atoms with Gasteiger partial charge in [0, 0.05) is 24.4 Å². The molecule has 0 aromatic heterocycles. The predicted octanol–water partition coefficient (Wildman–Crippen LogP) is 2.59. The minimum Gasteiger partial charge on any atom is -0.314 e. The van der Waals surface area contributed by atoms with E-state index < -0.39 is 0 Å². The Kier molecular flexibility index (Phi) is 4.79. The number of hydrogen-bond acceptors (Lipinski definition) is 3. The van der Waals surface area contributed by atoms with Gasteiger partial charge >= 0.3 is 0 Å². The van der Waals surface area contributed by atoms with Crippen LogP contribution in [0.3, 0.4) is 0 Å². The number of hydrogen-bond donors (Lipinski definition) is 1. The van der Waals surface area contributed by atoms with Crippen LogP contribution in [0.15, 0.2) is 0 Å². The van der Waals surface area contributed by atoms with E-state index in [4.69, 9.17) is 0 Å². The predicted molar refractivity (Wildman–Crippen MR) is 77.8 cm³/mol. The second kappa shape index (κ2) is 5.94. The summed E-state index contributed by atoms with van der Waals surface area (Å²) in [7, 11) is 0. The third-order valence-electron chi connectivity index (χ3n) is 5.26. The molecule has 2 heterocycles. The molecule has 2 aliphatic rings. The van der Waals surface area contributed by atoms with E-state index in [0.717, 1.165) is 11.3 Å². The van der Waals surface area contributed by atoms with Gasteiger partial charge in [-0.2, -0.15) is 11.8 Å². The van der Waals surface area contributed by atoms with E-state index in [9.17, 15) is 0 Å². The highest BCUT2D eigenvalue weighted by Crippen LogP contribution is 2.39. The molecular weight excluding hydrogens is 228 g/mol. The lowest BCUT2D eigenvalue weighted by atomic mass is 9.74. The summed E-state index contributed by atoms with van der Waals surface area (Å²) in [6.07, 6.45) is 7.82. The molecular formula is C14H28N2S. The largest absolute Gasteiger partial charge is 0.314 e. The molecule has 2 unspecified atom stereocenters. The van der Waals surface area contributed by atoms with E-state index in [1.54, 1.807) is 0 Å². The fourth-order valence-electron chi connectivity index (χ4n) is 3.53. The second-order valence-electron chi connectivity index (χ2n) is 5.74. The Hall–Kier alpha value is 0.270. The molecule has 0 aromatic carbocycles. The van der Waals surface area contributed by atoms with Crippen LogP contribution in [0.4, 0.5) is 0 Å². The van der Waals surface area contributed by atoms with Crippen LogP contribution in [0.5, 0.6) is 0 Å². The van der Waals surface area contributed by atoms with Gasteiger partial charge in [-0.1, -0.05) is 26.7 Å². The average Bonchev–Trinajstić information content (AvgIpc) is 2.87. The van der Waals surface area contributed by atoms with Crippen LogP contribution in [-0.4, -0.2) is 48.6 Å². The van der Waals surface area contributed by atoms with Crippen LogP contribution < -0.4 is 5.32 Å². The summed E-state index contributed by atoms with van der Waals surface area (Å²) in [5.74, 6) is 0. The quantitative estimate of drug-likeness (QED) is 0.832. The zero-order valence-electron chi connectivity index (χ0n) is 11.7. The van der Waals surface area contributed by atoms with Gasteiger partial charge in [0.05, 0.1) is 0 Å². The van der Waals surface area contributed by atoms with Crippen molar-refractivity contribution < 1.29 is 0 Å². The first-order valence-corrected chi connectivity index (χ1v) is 8.51. The standard InChI is InChI=1S/C14H28N2S/c1-4-14(5-2)6-8-16(9-7-14)12-10-15-11-13(12)17-3/h12-13,15H,4-11H2,1-3H3. The molecule has 2 atom stereocenters. The maximum Gasteiger partial charge on any atom is 0.0351 e. The topological polar surface area (TPSA) is 15.3 Å². The molecule has 100 valence electrons. The van der Waals surface area contributed by atoms with Crippen molar-refractivity contribution >= 4 is 11.8 Å². The van der Waals surface area contributed by atoms with E-state index >= 15 is 0 Å². The summed E-state index contributed by atoms with van der Waals surface area (Å²) < 4.78 is 0. The minimum atomic E-state index is 0.664. The van der Waals surface area contributed by atoms with Crippen LogP contribution in [0.2, 0.25) is 0 Å². The van der Waals surface area contributed by atoms with Crippen molar-refractivity contribution in [2.75, 3.05) is 32.4 Å². The molecule has 0 saturated carbocycles. The monoisotopic (exact) mass is 256 g/mol. The van der Waals surface area contributed by atoms with Crippen molar-refractivity contribution in [2.45, 2.75) is 50.8 Å². The van der Waals surface area contributed by atoms with Crippen LogP contribution in [0.1, 0.15) is 39.5 Å². The molecule has 0 bridgehead atoms. The molecule has 2 aliphatic heterocycles. The first-order valence-electron chi connectivity index (χ1n) is 7.22. The minimum absolute atomic E-state index is 0.664. The Balaban J connectivity index is 1.90. The van der Waals surface area contributed by atoms with E-state index in [0.29, 0.717) is 5.41 Å². The summed E-state index contributed by atoms with van der Waals surface area (Å²) in [5, 5.41) is 4.37. The molecule has 0 amide bonds. The number of likely N-dealkylation sites (tertiary alicyclic amines) is 1. The molecule has 17 heavy (non-hydrogen) atoms. The fourth-order valence-corrected chi connectivity index (χ4v) is 4.40. The maximum absolute atomic E-state index is 3.56. The van der Waals surface area contributed by atoms with Crippen molar-refractivity contribution in [3.63, 3.8) is 0 Å². The van der Waals surface area contributed by atoms with Crippen molar-refractivity contribution in [3.8, 4) is 0 Å². The Morgan fingerprint density at radius 1 is 1.18 bits per heavy atom. The first kappa shape index (κ1) is 13.7. The lowest BCUT2D eigenvalue weighted by Gasteiger charge is -2.44. The van der Waals surface area contributed by atoms with Gasteiger partial charge in [-0.3, -0.25) is 4.90 Å². The van der Waals surface area contributed by atoms with E-state index in [-0.39, 0.29) is 0 Å². The van der Waals surface area contributed by atoms with Gasteiger partial charge in [0.1, 0.15) is 0 Å². The van der Waals surface area contributed by atoms with Crippen molar-refractivity contribution in [1.82, 2.24) is 10.2 Å². The van der Waals surface area contributed by atoms with Crippen molar-refractivity contribution in [2.24, 2.45) is 5.41 Å². The van der Waals surface area contributed by atoms with Crippen molar-refractivity contribution in [3.05, 3.63) is 0 Å². The highest BCUT2D eigenvalue weighted by molar-refractivity contribution is 7.99. The van der Waals surface area contributed by atoms with Crippen LogP contribution >= 0.6 is 11.8 Å². The Labute approximate surface area is 111 Å². The van der Waals surface area contributed by atoms with Crippen molar-refractivity contribution in [1.29, 1.82) is 0 Å². The van der Waals surface area contributed by atoms with Crippen LogP contribution in [0.25, 0.3) is 0 Å². The molecule has 0 spiro atoms. The zero-order chi connectivity index (χ0) is 12.3. The SMILES string of the molecule is CCC1(CC)CCN(C2CNCC2SC)CC1. The lowest BCUT2D eigenvalue weighted by molar-refractivity contribution is 0.0728. The Morgan fingerprint density at radius 3 is 2.35 bits per heavy atom. The summed E-state index contributed by atoms with van der Waals surface area (Å²) >= 11 is 2.04. The van der Waals surface area contributed by atoms with Gasteiger partial charge in [-0.25, -0.2) is 0 Å². The molecule has 3 heteroatoms. The normalized spacial score (nSPS) is 34.1. The molecule has 0 radical (unpaired) electrons. The third-order valence-corrected chi connectivity index (χ3v) is 6.34. The zero-order valence-corrected chi connectivity index (χ0v) is 12.5. The molecule has 1 N–H and O–H groups in total. The van der Waals surface area contributed by atoms with E-state index in [1.807, 2.05) is 11.8 Å². The fraction of sp³-hybridized carbons (Fsp3) is 1.00. The smallest absolute Gasteiger partial charge is 0.0351 e. The molecule has 2 fully saturated rings. The number of piperidine rings is 1. The van der Waals surface area contributed by atoms with Gasteiger partial charge in [0.15, 0.2) is 0 Å². The summed E-state index contributed by atoms with van der Waals surface area (Å²) in [4.78, 5) is 2.75. The molecule has 2 saturated heterocycles. The first-order chi connectivity index (χ1) is 8.24. The maximum atomic E-state index is 3.56.